The van der Waals surface area contributed by atoms with Crippen molar-refractivity contribution in [1.82, 2.24) is 10.2 Å². The quantitative estimate of drug-likeness (QED) is 0.928. The first-order chi connectivity index (χ1) is 8.96. The van der Waals surface area contributed by atoms with Crippen LogP contribution < -0.4 is 5.73 Å². The van der Waals surface area contributed by atoms with Crippen LogP contribution in [0.25, 0.3) is 0 Å². The van der Waals surface area contributed by atoms with Gasteiger partial charge in [0.1, 0.15) is 6.04 Å². The SMILES string of the molecule is NC(c1ccccc1)c1nnc(CCC(F)(F)F)o1. The van der Waals surface area contributed by atoms with Gasteiger partial charge >= 0.3 is 6.18 Å². The number of aromatic nitrogens is 2. The monoisotopic (exact) mass is 271 g/mol. The summed E-state index contributed by atoms with van der Waals surface area (Å²) in [6.45, 7) is 0. The molecule has 102 valence electrons. The van der Waals surface area contributed by atoms with Crippen molar-refractivity contribution in [3.63, 3.8) is 0 Å². The number of hydrogen-bond acceptors (Lipinski definition) is 4. The van der Waals surface area contributed by atoms with Crippen molar-refractivity contribution in [3.8, 4) is 0 Å². The third-order valence-electron chi connectivity index (χ3n) is 2.53. The van der Waals surface area contributed by atoms with Crippen molar-refractivity contribution in [2.24, 2.45) is 5.73 Å². The maximum Gasteiger partial charge on any atom is 0.389 e. The van der Waals surface area contributed by atoms with E-state index in [0.717, 1.165) is 5.56 Å². The van der Waals surface area contributed by atoms with E-state index < -0.39 is 18.6 Å². The molecule has 2 aromatic rings. The second-order valence-corrected chi connectivity index (χ2v) is 4.04. The van der Waals surface area contributed by atoms with Crippen molar-refractivity contribution >= 4 is 0 Å². The van der Waals surface area contributed by atoms with Gasteiger partial charge in [-0.05, 0) is 5.56 Å². The maximum atomic E-state index is 12.1. The Balaban J connectivity index is 2.05. The molecule has 0 fully saturated rings. The van der Waals surface area contributed by atoms with Gasteiger partial charge in [-0.2, -0.15) is 13.2 Å². The molecule has 2 rings (SSSR count). The van der Waals surface area contributed by atoms with E-state index in [-0.39, 0.29) is 18.2 Å². The van der Waals surface area contributed by atoms with Gasteiger partial charge in [0.15, 0.2) is 0 Å². The summed E-state index contributed by atoms with van der Waals surface area (Å²) in [7, 11) is 0. The predicted octanol–water partition coefficient (Wildman–Crippen LogP) is 2.61. The van der Waals surface area contributed by atoms with Crippen molar-refractivity contribution in [3.05, 3.63) is 47.7 Å². The summed E-state index contributed by atoms with van der Waals surface area (Å²) in [5.41, 5.74) is 6.65. The molecule has 0 aliphatic heterocycles. The Morgan fingerprint density at radius 3 is 2.47 bits per heavy atom. The molecule has 0 saturated carbocycles. The first-order valence-corrected chi connectivity index (χ1v) is 5.65. The van der Waals surface area contributed by atoms with Crippen molar-refractivity contribution in [2.75, 3.05) is 0 Å². The molecule has 0 radical (unpaired) electrons. The van der Waals surface area contributed by atoms with Crippen molar-refractivity contribution in [2.45, 2.75) is 25.1 Å². The molecule has 4 nitrogen and oxygen atoms in total. The Labute approximate surface area is 107 Å². The second kappa shape index (κ2) is 5.40. The Morgan fingerprint density at radius 2 is 1.84 bits per heavy atom. The molecule has 0 amide bonds. The lowest BCUT2D eigenvalue weighted by Crippen LogP contribution is -2.12. The van der Waals surface area contributed by atoms with Crippen molar-refractivity contribution in [1.29, 1.82) is 0 Å². The van der Waals surface area contributed by atoms with Crippen LogP contribution in [-0.4, -0.2) is 16.4 Å². The lowest BCUT2D eigenvalue weighted by Gasteiger charge is -2.06. The highest BCUT2D eigenvalue weighted by Gasteiger charge is 2.28. The Morgan fingerprint density at radius 1 is 1.16 bits per heavy atom. The summed E-state index contributed by atoms with van der Waals surface area (Å²) in [5.74, 6) is 0.0575. The van der Waals surface area contributed by atoms with Gasteiger partial charge in [0.2, 0.25) is 11.8 Å². The molecule has 0 spiro atoms. The lowest BCUT2D eigenvalue weighted by molar-refractivity contribution is -0.134. The number of alkyl halides is 3. The van der Waals surface area contributed by atoms with Crippen LogP contribution in [0.5, 0.6) is 0 Å². The van der Waals surface area contributed by atoms with Gasteiger partial charge in [-0.25, -0.2) is 0 Å². The van der Waals surface area contributed by atoms with Gasteiger partial charge in [0.05, 0.1) is 6.42 Å². The third kappa shape index (κ3) is 3.78. The van der Waals surface area contributed by atoms with Crippen LogP contribution in [0.3, 0.4) is 0 Å². The number of halogens is 3. The molecule has 0 aliphatic rings. The predicted molar refractivity (Wildman–Crippen MR) is 61.1 cm³/mol. The van der Waals surface area contributed by atoms with Crippen LogP contribution in [0.4, 0.5) is 13.2 Å². The summed E-state index contributed by atoms with van der Waals surface area (Å²) in [5, 5.41) is 7.25. The number of nitrogens with zero attached hydrogens (tertiary/aromatic N) is 2. The first kappa shape index (κ1) is 13.5. The second-order valence-electron chi connectivity index (χ2n) is 4.04. The van der Waals surface area contributed by atoms with E-state index in [4.69, 9.17) is 10.2 Å². The average Bonchev–Trinajstić information content (AvgIpc) is 2.84. The maximum absolute atomic E-state index is 12.1. The zero-order valence-electron chi connectivity index (χ0n) is 9.89. The highest BCUT2D eigenvalue weighted by molar-refractivity contribution is 5.22. The summed E-state index contributed by atoms with van der Waals surface area (Å²) in [6, 6.07) is 8.37. The van der Waals surface area contributed by atoms with Gasteiger partial charge in [-0.15, -0.1) is 10.2 Å². The number of nitrogens with two attached hydrogens (primary N) is 1. The highest BCUT2D eigenvalue weighted by Crippen LogP contribution is 2.23. The van der Waals surface area contributed by atoms with E-state index in [2.05, 4.69) is 10.2 Å². The van der Waals surface area contributed by atoms with Gasteiger partial charge in [-0.1, -0.05) is 30.3 Å². The molecule has 19 heavy (non-hydrogen) atoms. The molecular weight excluding hydrogens is 259 g/mol. The Bertz CT molecular complexity index is 525. The molecule has 1 aromatic carbocycles. The molecule has 1 atom stereocenters. The van der Waals surface area contributed by atoms with Crippen LogP contribution in [0.2, 0.25) is 0 Å². The normalized spacial score (nSPS) is 13.5. The van der Waals surface area contributed by atoms with Crippen molar-refractivity contribution < 1.29 is 17.6 Å². The number of rotatable bonds is 4. The molecule has 0 saturated heterocycles. The van der Waals surface area contributed by atoms with E-state index in [1.54, 1.807) is 24.3 Å². The molecule has 0 bridgehead atoms. The number of aryl methyl sites for hydroxylation is 1. The fourth-order valence-electron chi connectivity index (χ4n) is 1.54. The van der Waals surface area contributed by atoms with Gasteiger partial charge in [-0.3, -0.25) is 0 Å². The topological polar surface area (TPSA) is 64.9 Å². The summed E-state index contributed by atoms with van der Waals surface area (Å²) in [4.78, 5) is 0. The zero-order chi connectivity index (χ0) is 13.9. The first-order valence-electron chi connectivity index (χ1n) is 5.65. The van der Waals surface area contributed by atoms with Crippen LogP contribution >= 0.6 is 0 Å². The Kier molecular flexibility index (Phi) is 3.84. The van der Waals surface area contributed by atoms with E-state index >= 15 is 0 Å². The van der Waals surface area contributed by atoms with Crippen LogP contribution in [0.1, 0.15) is 29.8 Å². The molecule has 1 unspecified atom stereocenters. The Hall–Kier alpha value is -1.89. The molecular formula is C12H12F3N3O. The molecule has 2 N–H and O–H groups in total. The average molecular weight is 271 g/mol. The zero-order valence-corrected chi connectivity index (χ0v) is 9.89. The van der Waals surface area contributed by atoms with Gasteiger partial charge in [0.25, 0.3) is 0 Å². The minimum Gasteiger partial charge on any atom is -0.423 e. The van der Waals surface area contributed by atoms with E-state index in [1.165, 1.54) is 0 Å². The largest absolute Gasteiger partial charge is 0.423 e. The van der Waals surface area contributed by atoms with Gasteiger partial charge < -0.3 is 10.2 Å². The molecule has 1 heterocycles. The minimum atomic E-state index is -4.24. The van der Waals surface area contributed by atoms with Crippen LogP contribution in [0, 0.1) is 0 Å². The van der Waals surface area contributed by atoms with E-state index in [9.17, 15) is 13.2 Å². The molecule has 0 aliphatic carbocycles. The highest BCUT2D eigenvalue weighted by atomic mass is 19.4. The fraction of sp³-hybridized carbons (Fsp3) is 0.333. The molecule has 1 aromatic heterocycles. The van der Waals surface area contributed by atoms with Crippen LogP contribution in [0.15, 0.2) is 34.7 Å². The lowest BCUT2D eigenvalue weighted by atomic mass is 10.1. The third-order valence-corrected chi connectivity index (χ3v) is 2.53. The summed E-state index contributed by atoms with van der Waals surface area (Å²) >= 11 is 0. The van der Waals surface area contributed by atoms with Gasteiger partial charge in [0, 0.05) is 6.42 Å². The standard InChI is InChI=1S/C12H12F3N3O/c13-12(14,15)7-6-9-17-18-11(19-9)10(16)8-4-2-1-3-5-8/h1-5,10H,6-7,16H2. The summed E-state index contributed by atoms with van der Waals surface area (Å²) in [6.07, 6.45) is -5.57. The smallest absolute Gasteiger partial charge is 0.389 e. The van der Waals surface area contributed by atoms with Crippen LogP contribution in [-0.2, 0) is 6.42 Å². The number of benzene rings is 1. The minimum absolute atomic E-state index is 0.0568. The van der Waals surface area contributed by atoms with E-state index in [1.807, 2.05) is 6.07 Å². The molecule has 7 heteroatoms. The number of hydrogen-bond donors (Lipinski definition) is 1. The summed E-state index contributed by atoms with van der Waals surface area (Å²) < 4.78 is 41.3. The van der Waals surface area contributed by atoms with E-state index in [0.29, 0.717) is 0 Å². The fourth-order valence-corrected chi connectivity index (χ4v) is 1.54.